The van der Waals surface area contributed by atoms with Crippen molar-refractivity contribution in [1.29, 1.82) is 0 Å². The normalized spacial score (nSPS) is 18.4. The van der Waals surface area contributed by atoms with Crippen molar-refractivity contribution in [2.24, 2.45) is 11.3 Å². The second-order valence-corrected chi connectivity index (χ2v) is 5.05. The van der Waals surface area contributed by atoms with E-state index in [0.29, 0.717) is 12.5 Å². The first-order chi connectivity index (χ1) is 7.56. The van der Waals surface area contributed by atoms with Gasteiger partial charge in [0.05, 0.1) is 13.7 Å². The zero-order valence-electron chi connectivity index (χ0n) is 10.5. The summed E-state index contributed by atoms with van der Waals surface area (Å²) in [5.74, 6) is 0.467. The van der Waals surface area contributed by atoms with E-state index in [2.05, 4.69) is 23.9 Å². The molecule has 0 radical (unpaired) electrons. The van der Waals surface area contributed by atoms with Gasteiger partial charge in [0.15, 0.2) is 0 Å². The Balaban J connectivity index is 2.29. The van der Waals surface area contributed by atoms with Crippen LogP contribution >= 0.6 is 0 Å². The monoisotopic (exact) mass is 229 g/mol. The Bertz CT molecular complexity index is 222. The summed E-state index contributed by atoms with van der Waals surface area (Å²) < 4.78 is 9.95. The molecule has 0 bridgehead atoms. The minimum Gasteiger partial charge on any atom is -0.468 e. The van der Waals surface area contributed by atoms with Crippen LogP contribution in [0.1, 0.15) is 26.7 Å². The average Bonchev–Trinajstić information content (AvgIpc) is 2.30. The molecule has 0 spiro atoms. The van der Waals surface area contributed by atoms with Crippen molar-refractivity contribution in [2.75, 3.05) is 33.4 Å². The van der Waals surface area contributed by atoms with Crippen LogP contribution < -0.4 is 5.32 Å². The molecule has 4 heteroatoms. The fourth-order valence-corrected chi connectivity index (χ4v) is 2.18. The van der Waals surface area contributed by atoms with Crippen LogP contribution in [0.5, 0.6) is 0 Å². The third kappa shape index (κ3) is 4.10. The van der Waals surface area contributed by atoms with Gasteiger partial charge in [0, 0.05) is 19.8 Å². The Morgan fingerprint density at radius 1 is 1.44 bits per heavy atom. The number of carbonyl (C=O) groups is 1. The molecule has 0 aromatic carbocycles. The van der Waals surface area contributed by atoms with Crippen molar-refractivity contribution in [3.63, 3.8) is 0 Å². The smallest absolute Gasteiger partial charge is 0.319 e. The van der Waals surface area contributed by atoms with Crippen LogP contribution in [0.4, 0.5) is 0 Å². The number of nitrogens with one attached hydrogen (secondary N) is 1. The number of ether oxygens (including phenoxy) is 2. The van der Waals surface area contributed by atoms with E-state index in [1.54, 1.807) is 0 Å². The van der Waals surface area contributed by atoms with Crippen molar-refractivity contribution in [3.05, 3.63) is 0 Å². The molecule has 1 heterocycles. The topological polar surface area (TPSA) is 47.6 Å². The number of hydrogen-bond acceptors (Lipinski definition) is 4. The molecular weight excluding hydrogens is 206 g/mol. The van der Waals surface area contributed by atoms with Gasteiger partial charge in [-0.2, -0.15) is 0 Å². The molecule has 0 unspecified atom stereocenters. The lowest BCUT2D eigenvalue weighted by molar-refractivity contribution is -0.139. The highest BCUT2D eigenvalue weighted by atomic mass is 16.5. The van der Waals surface area contributed by atoms with Gasteiger partial charge in [-0.05, 0) is 24.2 Å². The highest BCUT2D eigenvalue weighted by Gasteiger charge is 2.30. The van der Waals surface area contributed by atoms with Crippen LogP contribution in [0.3, 0.4) is 0 Å². The Hall–Kier alpha value is -0.610. The van der Waals surface area contributed by atoms with Crippen molar-refractivity contribution in [2.45, 2.75) is 26.7 Å². The van der Waals surface area contributed by atoms with Gasteiger partial charge in [0.25, 0.3) is 0 Å². The van der Waals surface area contributed by atoms with Crippen molar-refractivity contribution >= 4 is 5.97 Å². The van der Waals surface area contributed by atoms with E-state index >= 15 is 0 Å². The third-order valence-corrected chi connectivity index (χ3v) is 3.40. The summed E-state index contributed by atoms with van der Waals surface area (Å²) in [5.41, 5.74) is 0.206. The molecule has 1 rings (SSSR count). The first kappa shape index (κ1) is 13.5. The maximum Gasteiger partial charge on any atom is 0.319 e. The van der Waals surface area contributed by atoms with E-state index in [1.165, 1.54) is 7.11 Å². The molecule has 1 saturated heterocycles. The predicted molar refractivity (Wildman–Crippen MR) is 62.2 cm³/mol. The van der Waals surface area contributed by atoms with Gasteiger partial charge in [0.1, 0.15) is 0 Å². The lowest BCUT2D eigenvalue weighted by atomic mass is 9.74. The first-order valence-corrected chi connectivity index (χ1v) is 5.91. The lowest BCUT2D eigenvalue weighted by Crippen LogP contribution is -2.40. The van der Waals surface area contributed by atoms with E-state index in [0.717, 1.165) is 32.6 Å². The largest absolute Gasteiger partial charge is 0.468 e. The second-order valence-electron chi connectivity index (χ2n) is 5.05. The van der Waals surface area contributed by atoms with Gasteiger partial charge in [0.2, 0.25) is 0 Å². The number of carbonyl (C=O) groups excluding carboxylic acids is 1. The highest BCUT2D eigenvalue weighted by molar-refractivity contribution is 5.71. The summed E-state index contributed by atoms with van der Waals surface area (Å²) in [6, 6.07) is 0. The molecule has 1 N–H and O–H groups in total. The molecule has 16 heavy (non-hydrogen) atoms. The number of esters is 1. The zero-order valence-corrected chi connectivity index (χ0v) is 10.5. The van der Waals surface area contributed by atoms with Crippen LogP contribution in [-0.4, -0.2) is 39.4 Å². The van der Waals surface area contributed by atoms with Crippen molar-refractivity contribution in [3.8, 4) is 0 Å². The standard InChI is InChI=1S/C12H23NO3/c1-12(2,9-13-8-11(14)15-3)10-4-6-16-7-5-10/h10,13H,4-9H2,1-3H3. The molecule has 0 aromatic rings. The maximum atomic E-state index is 11.0. The van der Waals surface area contributed by atoms with Crippen LogP contribution in [-0.2, 0) is 14.3 Å². The molecule has 0 atom stereocenters. The minimum absolute atomic E-state index is 0.206. The van der Waals surface area contributed by atoms with E-state index in [9.17, 15) is 4.79 Å². The summed E-state index contributed by atoms with van der Waals surface area (Å²) in [6.07, 6.45) is 2.24. The first-order valence-electron chi connectivity index (χ1n) is 5.91. The molecule has 1 aliphatic heterocycles. The molecule has 0 amide bonds. The highest BCUT2D eigenvalue weighted by Crippen LogP contribution is 2.33. The van der Waals surface area contributed by atoms with Crippen LogP contribution in [0.25, 0.3) is 0 Å². The van der Waals surface area contributed by atoms with E-state index in [1.807, 2.05) is 0 Å². The molecule has 0 saturated carbocycles. The summed E-state index contributed by atoms with van der Waals surface area (Å²) in [4.78, 5) is 11.0. The van der Waals surface area contributed by atoms with E-state index in [-0.39, 0.29) is 11.4 Å². The van der Waals surface area contributed by atoms with Crippen LogP contribution in [0.2, 0.25) is 0 Å². The summed E-state index contributed by atoms with van der Waals surface area (Å²) in [7, 11) is 1.41. The molecule has 0 aliphatic carbocycles. The van der Waals surface area contributed by atoms with Crippen LogP contribution in [0, 0.1) is 11.3 Å². The van der Waals surface area contributed by atoms with Gasteiger partial charge in [-0.15, -0.1) is 0 Å². The quantitative estimate of drug-likeness (QED) is 0.720. The Labute approximate surface area is 97.7 Å². The zero-order chi connectivity index (χ0) is 12.0. The van der Waals surface area contributed by atoms with Crippen LogP contribution in [0.15, 0.2) is 0 Å². The molecule has 1 aliphatic rings. The summed E-state index contributed by atoms with van der Waals surface area (Å²) in [6.45, 7) is 7.35. The molecule has 94 valence electrons. The van der Waals surface area contributed by atoms with E-state index < -0.39 is 0 Å². The van der Waals surface area contributed by atoms with Crippen molar-refractivity contribution in [1.82, 2.24) is 5.32 Å². The minimum atomic E-state index is -0.206. The number of methoxy groups -OCH3 is 1. The molecular formula is C12H23NO3. The lowest BCUT2D eigenvalue weighted by Gasteiger charge is -2.37. The van der Waals surface area contributed by atoms with Gasteiger partial charge in [-0.1, -0.05) is 13.8 Å². The van der Waals surface area contributed by atoms with Gasteiger partial charge < -0.3 is 14.8 Å². The SMILES string of the molecule is COC(=O)CNCC(C)(C)C1CCOCC1. The van der Waals surface area contributed by atoms with Gasteiger partial charge >= 0.3 is 5.97 Å². The third-order valence-electron chi connectivity index (χ3n) is 3.40. The fraction of sp³-hybridized carbons (Fsp3) is 0.917. The van der Waals surface area contributed by atoms with E-state index in [4.69, 9.17) is 4.74 Å². The molecule has 0 aromatic heterocycles. The molecule has 1 fully saturated rings. The predicted octanol–water partition coefficient (Wildman–Crippen LogP) is 1.20. The Kier molecular flexibility index (Phi) is 5.22. The van der Waals surface area contributed by atoms with Gasteiger partial charge in [-0.3, -0.25) is 4.79 Å². The summed E-state index contributed by atoms with van der Waals surface area (Å²) >= 11 is 0. The number of hydrogen-bond donors (Lipinski definition) is 1. The van der Waals surface area contributed by atoms with Gasteiger partial charge in [-0.25, -0.2) is 0 Å². The number of rotatable bonds is 5. The maximum absolute atomic E-state index is 11.0. The fourth-order valence-electron chi connectivity index (χ4n) is 2.18. The summed E-state index contributed by atoms with van der Waals surface area (Å²) in [5, 5.41) is 3.16. The molecule has 4 nitrogen and oxygen atoms in total. The average molecular weight is 229 g/mol. The van der Waals surface area contributed by atoms with Crippen molar-refractivity contribution < 1.29 is 14.3 Å². The Morgan fingerprint density at radius 3 is 2.62 bits per heavy atom. The Morgan fingerprint density at radius 2 is 2.06 bits per heavy atom. The second kappa shape index (κ2) is 6.21.